The molecule has 2 N–H and O–H groups in total. The molecule has 0 atom stereocenters. The fraction of sp³-hybridized carbons (Fsp3) is 0.222. The molecule has 0 aliphatic heterocycles. The van der Waals surface area contributed by atoms with E-state index in [1.165, 1.54) is 12.1 Å². The summed E-state index contributed by atoms with van der Waals surface area (Å²) in [5.74, 6) is -2.11. The highest BCUT2D eigenvalue weighted by molar-refractivity contribution is 6.43. The predicted molar refractivity (Wildman–Crippen MR) is 89.2 cm³/mol. The number of carbonyl (C=O) groups excluding carboxylic acids is 2. The van der Waals surface area contributed by atoms with Crippen LogP contribution >= 0.6 is 0 Å². The van der Waals surface area contributed by atoms with Crippen molar-refractivity contribution < 1.29 is 22.8 Å². The van der Waals surface area contributed by atoms with Crippen molar-refractivity contribution in [2.24, 2.45) is 0 Å². The van der Waals surface area contributed by atoms with Gasteiger partial charge in [-0.25, -0.2) is 0 Å². The molecule has 0 unspecified atom stereocenters. The molecule has 0 bridgehead atoms. The number of carbonyl (C=O) groups is 2. The van der Waals surface area contributed by atoms with Gasteiger partial charge in [-0.3, -0.25) is 9.59 Å². The first kappa shape index (κ1) is 18.5. The van der Waals surface area contributed by atoms with Crippen LogP contribution < -0.4 is 10.6 Å². The maximum absolute atomic E-state index is 12.9. The van der Waals surface area contributed by atoms with Crippen LogP contribution in [-0.4, -0.2) is 11.8 Å². The van der Waals surface area contributed by atoms with E-state index in [0.29, 0.717) is 5.69 Å². The number of hydrogen-bond acceptors (Lipinski definition) is 2. The molecular formula is C18H17F3N2O2. The van der Waals surface area contributed by atoms with E-state index in [-0.39, 0.29) is 5.92 Å². The summed E-state index contributed by atoms with van der Waals surface area (Å²) in [5.41, 5.74) is -0.216. The average Bonchev–Trinajstić information content (AvgIpc) is 2.54. The highest BCUT2D eigenvalue weighted by Crippen LogP contribution is 2.34. The molecular weight excluding hydrogens is 333 g/mol. The largest absolute Gasteiger partial charge is 0.418 e. The van der Waals surface area contributed by atoms with Gasteiger partial charge in [-0.2, -0.15) is 13.2 Å². The minimum absolute atomic E-state index is 0.102. The molecule has 2 aromatic carbocycles. The van der Waals surface area contributed by atoms with Gasteiger partial charge in [0.25, 0.3) is 0 Å². The number of anilines is 2. The second-order valence-corrected chi connectivity index (χ2v) is 5.69. The average molecular weight is 350 g/mol. The molecule has 2 aromatic rings. The van der Waals surface area contributed by atoms with Crippen LogP contribution in [0.1, 0.15) is 30.9 Å². The highest BCUT2D eigenvalue weighted by Gasteiger charge is 2.34. The topological polar surface area (TPSA) is 58.2 Å². The van der Waals surface area contributed by atoms with Gasteiger partial charge in [-0.1, -0.05) is 44.2 Å². The van der Waals surface area contributed by atoms with Crippen LogP contribution in [0.5, 0.6) is 0 Å². The summed E-state index contributed by atoms with van der Waals surface area (Å²) in [6.45, 7) is 3.84. The van der Waals surface area contributed by atoms with E-state index in [1.54, 1.807) is 24.3 Å². The van der Waals surface area contributed by atoms with Crippen molar-refractivity contribution in [1.29, 1.82) is 0 Å². The van der Waals surface area contributed by atoms with Crippen molar-refractivity contribution >= 4 is 23.2 Å². The normalized spacial score (nSPS) is 11.3. The van der Waals surface area contributed by atoms with Gasteiger partial charge in [-0.15, -0.1) is 0 Å². The Labute approximate surface area is 143 Å². The fourth-order valence-corrected chi connectivity index (χ4v) is 2.31. The minimum atomic E-state index is -4.63. The van der Waals surface area contributed by atoms with Gasteiger partial charge in [-0.05, 0) is 29.7 Å². The summed E-state index contributed by atoms with van der Waals surface area (Å²) < 4.78 is 38.8. The number of alkyl halides is 3. The molecule has 0 aliphatic carbocycles. The number of para-hydroxylation sites is 2. The molecule has 0 spiro atoms. The predicted octanol–water partition coefficient (Wildman–Crippen LogP) is 4.41. The fourth-order valence-electron chi connectivity index (χ4n) is 2.31. The first-order chi connectivity index (χ1) is 11.7. The quantitative estimate of drug-likeness (QED) is 0.806. The summed E-state index contributed by atoms with van der Waals surface area (Å²) in [6.07, 6.45) is -4.63. The van der Waals surface area contributed by atoms with Crippen LogP contribution in [0.25, 0.3) is 0 Å². The van der Waals surface area contributed by atoms with E-state index in [9.17, 15) is 22.8 Å². The Morgan fingerprint density at radius 1 is 0.840 bits per heavy atom. The molecule has 0 radical (unpaired) electrons. The molecule has 0 aromatic heterocycles. The number of benzene rings is 2. The van der Waals surface area contributed by atoms with E-state index in [0.717, 1.165) is 17.7 Å². The van der Waals surface area contributed by atoms with Crippen molar-refractivity contribution in [2.45, 2.75) is 25.9 Å². The summed E-state index contributed by atoms with van der Waals surface area (Å²) >= 11 is 0. The van der Waals surface area contributed by atoms with E-state index >= 15 is 0 Å². The zero-order valence-corrected chi connectivity index (χ0v) is 13.6. The third-order valence-electron chi connectivity index (χ3n) is 3.52. The lowest BCUT2D eigenvalue weighted by atomic mass is 10.0. The molecule has 4 nitrogen and oxygen atoms in total. The summed E-state index contributed by atoms with van der Waals surface area (Å²) in [7, 11) is 0. The maximum atomic E-state index is 12.9. The Hall–Kier alpha value is -2.83. The first-order valence-electron chi connectivity index (χ1n) is 7.57. The number of nitrogens with one attached hydrogen (secondary N) is 2. The molecule has 0 saturated heterocycles. The van der Waals surface area contributed by atoms with Gasteiger partial charge >= 0.3 is 18.0 Å². The lowest BCUT2D eigenvalue weighted by molar-refractivity contribution is -0.137. The smallest absolute Gasteiger partial charge is 0.318 e. The Kier molecular flexibility index (Phi) is 5.46. The van der Waals surface area contributed by atoms with Crippen LogP contribution in [0.3, 0.4) is 0 Å². The van der Waals surface area contributed by atoms with Crippen LogP contribution in [0.2, 0.25) is 0 Å². The highest BCUT2D eigenvalue weighted by atomic mass is 19.4. The molecule has 7 heteroatoms. The van der Waals surface area contributed by atoms with Gasteiger partial charge in [0.1, 0.15) is 0 Å². The van der Waals surface area contributed by atoms with Crippen LogP contribution in [0, 0.1) is 0 Å². The van der Waals surface area contributed by atoms with Gasteiger partial charge in [0.2, 0.25) is 0 Å². The Morgan fingerprint density at radius 3 is 1.88 bits per heavy atom. The lowest BCUT2D eigenvalue weighted by Gasteiger charge is -2.15. The molecule has 2 amide bonds. The van der Waals surface area contributed by atoms with E-state index in [1.807, 2.05) is 19.2 Å². The van der Waals surface area contributed by atoms with E-state index in [2.05, 4.69) is 5.32 Å². The molecule has 2 rings (SSSR count). The molecule has 0 aliphatic rings. The minimum Gasteiger partial charge on any atom is -0.318 e. The molecule has 0 fully saturated rings. The number of rotatable bonds is 3. The van der Waals surface area contributed by atoms with Gasteiger partial charge in [0.05, 0.1) is 11.3 Å². The molecule has 0 heterocycles. The Bertz CT molecular complexity index is 786. The van der Waals surface area contributed by atoms with Gasteiger partial charge < -0.3 is 10.6 Å². The van der Waals surface area contributed by atoms with Crippen LogP contribution in [0.4, 0.5) is 24.5 Å². The monoisotopic (exact) mass is 350 g/mol. The van der Waals surface area contributed by atoms with E-state index < -0.39 is 29.2 Å². The SMILES string of the molecule is CC(C)c1ccccc1NC(=O)C(=O)Nc1ccccc1C(F)(F)F. The second kappa shape index (κ2) is 7.38. The van der Waals surface area contributed by atoms with E-state index in [4.69, 9.17) is 0 Å². The number of halogens is 3. The summed E-state index contributed by atoms with van der Waals surface area (Å²) in [5, 5.41) is 4.45. The maximum Gasteiger partial charge on any atom is 0.418 e. The van der Waals surface area contributed by atoms with Gasteiger partial charge in [0, 0.05) is 5.69 Å². The van der Waals surface area contributed by atoms with Crippen molar-refractivity contribution in [2.75, 3.05) is 10.6 Å². The second-order valence-electron chi connectivity index (χ2n) is 5.69. The third-order valence-corrected chi connectivity index (χ3v) is 3.52. The summed E-state index contributed by atoms with van der Waals surface area (Å²) in [4.78, 5) is 24.0. The molecule has 25 heavy (non-hydrogen) atoms. The number of hydrogen-bond donors (Lipinski definition) is 2. The lowest BCUT2D eigenvalue weighted by Crippen LogP contribution is -2.30. The standard InChI is InChI=1S/C18H17F3N2O2/c1-11(2)12-7-3-5-9-14(12)22-16(24)17(25)23-15-10-6-4-8-13(15)18(19,20)21/h3-11H,1-2H3,(H,22,24)(H,23,25). The van der Waals surface area contributed by atoms with Gasteiger partial charge in [0.15, 0.2) is 0 Å². The molecule has 0 saturated carbocycles. The van der Waals surface area contributed by atoms with Crippen molar-refractivity contribution in [3.63, 3.8) is 0 Å². The Balaban J connectivity index is 2.17. The van der Waals surface area contributed by atoms with Crippen LogP contribution in [-0.2, 0) is 15.8 Å². The van der Waals surface area contributed by atoms with Crippen molar-refractivity contribution in [3.8, 4) is 0 Å². The number of amides is 2. The van der Waals surface area contributed by atoms with Crippen molar-refractivity contribution in [3.05, 3.63) is 59.7 Å². The summed E-state index contributed by atoms with van der Waals surface area (Å²) in [6, 6.07) is 11.4. The Morgan fingerprint density at radius 2 is 1.32 bits per heavy atom. The van der Waals surface area contributed by atoms with Crippen molar-refractivity contribution in [1.82, 2.24) is 0 Å². The van der Waals surface area contributed by atoms with Crippen LogP contribution in [0.15, 0.2) is 48.5 Å². The zero-order chi connectivity index (χ0) is 18.6. The zero-order valence-electron chi connectivity index (χ0n) is 13.6. The first-order valence-corrected chi connectivity index (χ1v) is 7.57. The molecule has 132 valence electrons. The third kappa shape index (κ3) is 4.59.